The number of nitrogens with zero attached hydrogens (tertiary/aromatic N) is 2. The van der Waals surface area contributed by atoms with E-state index < -0.39 is 4.92 Å². The van der Waals surface area contributed by atoms with E-state index in [0.29, 0.717) is 18.3 Å². The summed E-state index contributed by atoms with van der Waals surface area (Å²) in [4.78, 5) is 14.7. The summed E-state index contributed by atoms with van der Waals surface area (Å²) in [5, 5.41) is 14.1. The van der Waals surface area contributed by atoms with Crippen LogP contribution in [0.4, 0.5) is 11.5 Å². The second kappa shape index (κ2) is 5.40. The van der Waals surface area contributed by atoms with Gasteiger partial charge in [-0.25, -0.2) is 0 Å². The number of aromatic nitrogens is 1. The van der Waals surface area contributed by atoms with Crippen molar-refractivity contribution in [2.24, 2.45) is 0 Å². The second-order valence-corrected chi connectivity index (χ2v) is 4.96. The Morgan fingerprint density at radius 3 is 2.90 bits per heavy atom. The Hall–Kier alpha value is -2.63. The molecule has 1 aromatic carbocycles. The highest BCUT2D eigenvalue weighted by Gasteiger charge is 2.26. The molecule has 1 aliphatic rings. The Labute approximate surface area is 121 Å². The van der Waals surface area contributed by atoms with Crippen LogP contribution in [0.1, 0.15) is 17.0 Å². The van der Waals surface area contributed by atoms with Gasteiger partial charge in [-0.15, -0.1) is 0 Å². The molecular formula is C15H15N3O3. The van der Waals surface area contributed by atoms with Crippen LogP contribution < -0.4 is 10.1 Å². The lowest BCUT2D eigenvalue weighted by Gasteiger charge is -2.30. The maximum absolute atomic E-state index is 11.0. The molecule has 1 aliphatic carbocycles. The van der Waals surface area contributed by atoms with Crippen molar-refractivity contribution in [2.75, 3.05) is 19.0 Å². The number of methoxy groups -OCH3 is 1. The molecule has 108 valence electrons. The van der Waals surface area contributed by atoms with Crippen LogP contribution in [0.15, 0.2) is 36.4 Å². The van der Waals surface area contributed by atoms with E-state index in [4.69, 9.17) is 4.74 Å². The van der Waals surface area contributed by atoms with Crippen LogP contribution in [0, 0.1) is 10.1 Å². The van der Waals surface area contributed by atoms with E-state index >= 15 is 0 Å². The predicted molar refractivity (Wildman–Crippen MR) is 78.8 cm³/mol. The van der Waals surface area contributed by atoms with Crippen LogP contribution in [-0.4, -0.2) is 23.6 Å². The lowest BCUT2D eigenvalue weighted by molar-refractivity contribution is -0.384. The molecule has 21 heavy (non-hydrogen) atoms. The fraction of sp³-hybridized carbons (Fsp3) is 0.267. The molecule has 0 saturated carbocycles. The molecule has 0 aliphatic heterocycles. The number of fused-ring (bicyclic) bond motifs is 1. The SMILES string of the molecule is COc1ccc([N+](=O)[O-])c(NCC2Cc3ccccc32)n1. The highest BCUT2D eigenvalue weighted by Crippen LogP contribution is 2.35. The van der Waals surface area contributed by atoms with Crippen LogP contribution in [0.5, 0.6) is 5.88 Å². The van der Waals surface area contributed by atoms with E-state index in [9.17, 15) is 10.1 Å². The Morgan fingerprint density at radius 1 is 1.38 bits per heavy atom. The maximum atomic E-state index is 11.0. The average Bonchev–Trinajstić information content (AvgIpc) is 2.47. The molecule has 1 unspecified atom stereocenters. The Morgan fingerprint density at radius 2 is 2.19 bits per heavy atom. The van der Waals surface area contributed by atoms with Gasteiger partial charge in [-0.05, 0) is 17.5 Å². The minimum absolute atomic E-state index is 0.0385. The maximum Gasteiger partial charge on any atom is 0.311 e. The Balaban J connectivity index is 1.75. The first-order valence-electron chi connectivity index (χ1n) is 6.70. The molecule has 0 spiro atoms. The first kappa shape index (κ1) is 13.4. The summed E-state index contributed by atoms with van der Waals surface area (Å²) in [5.41, 5.74) is 2.61. The molecule has 6 nitrogen and oxygen atoms in total. The largest absolute Gasteiger partial charge is 0.481 e. The number of ether oxygens (including phenoxy) is 1. The van der Waals surface area contributed by atoms with Crippen molar-refractivity contribution in [2.45, 2.75) is 12.3 Å². The van der Waals surface area contributed by atoms with E-state index in [1.54, 1.807) is 0 Å². The summed E-state index contributed by atoms with van der Waals surface area (Å²) in [6.07, 6.45) is 0.987. The molecule has 2 aromatic rings. The smallest absolute Gasteiger partial charge is 0.311 e. The molecule has 0 radical (unpaired) electrons. The zero-order valence-electron chi connectivity index (χ0n) is 11.6. The summed E-state index contributed by atoms with van der Waals surface area (Å²) in [6, 6.07) is 11.1. The Bertz CT molecular complexity index is 688. The molecule has 0 bridgehead atoms. The fourth-order valence-electron chi connectivity index (χ4n) is 2.59. The molecule has 0 fully saturated rings. The van der Waals surface area contributed by atoms with Crippen LogP contribution >= 0.6 is 0 Å². The Kier molecular flexibility index (Phi) is 3.43. The minimum Gasteiger partial charge on any atom is -0.481 e. The number of hydrogen-bond acceptors (Lipinski definition) is 5. The van der Waals surface area contributed by atoms with Gasteiger partial charge in [-0.2, -0.15) is 4.98 Å². The van der Waals surface area contributed by atoms with E-state index in [1.165, 1.54) is 30.4 Å². The third-order valence-corrected chi connectivity index (χ3v) is 3.73. The van der Waals surface area contributed by atoms with Gasteiger partial charge < -0.3 is 10.1 Å². The summed E-state index contributed by atoms with van der Waals surface area (Å²) in [7, 11) is 1.49. The van der Waals surface area contributed by atoms with Gasteiger partial charge in [0, 0.05) is 24.6 Å². The minimum atomic E-state index is -0.441. The normalized spacial score (nSPS) is 15.8. The number of pyridine rings is 1. The van der Waals surface area contributed by atoms with E-state index in [-0.39, 0.29) is 11.5 Å². The number of hydrogen-bond donors (Lipinski definition) is 1. The van der Waals surface area contributed by atoms with Gasteiger partial charge in [-0.1, -0.05) is 24.3 Å². The van der Waals surface area contributed by atoms with Crippen molar-refractivity contribution in [3.8, 4) is 5.88 Å². The van der Waals surface area contributed by atoms with Crippen molar-refractivity contribution in [1.82, 2.24) is 4.98 Å². The summed E-state index contributed by atoms with van der Waals surface area (Å²) >= 11 is 0. The third kappa shape index (κ3) is 2.52. The second-order valence-electron chi connectivity index (χ2n) is 4.96. The first-order valence-corrected chi connectivity index (χ1v) is 6.70. The molecule has 3 rings (SSSR count). The molecule has 1 heterocycles. The number of rotatable bonds is 5. The molecule has 0 saturated heterocycles. The lowest BCUT2D eigenvalue weighted by Crippen LogP contribution is -2.24. The fourth-order valence-corrected chi connectivity index (χ4v) is 2.59. The molecule has 1 N–H and O–H groups in total. The topological polar surface area (TPSA) is 77.3 Å². The van der Waals surface area contributed by atoms with Crippen molar-refractivity contribution >= 4 is 11.5 Å². The summed E-state index contributed by atoms with van der Waals surface area (Å²) < 4.78 is 5.02. The summed E-state index contributed by atoms with van der Waals surface area (Å²) in [5.74, 6) is 0.981. The molecule has 1 atom stereocenters. The molecular weight excluding hydrogens is 270 g/mol. The first-order chi connectivity index (χ1) is 10.2. The van der Waals surface area contributed by atoms with Crippen LogP contribution in [-0.2, 0) is 6.42 Å². The number of nitro groups is 1. The standard InChI is InChI=1S/C15H15N3O3/c1-21-14-7-6-13(18(19)20)15(17-14)16-9-11-8-10-4-2-3-5-12(10)11/h2-7,11H,8-9H2,1H3,(H,16,17). The van der Waals surface area contributed by atoms with Crippen molar-refractivity contribution in [3.63, 3.8) is 0 Å². The van der Waals surface area contributed by atoms with E-state index in [2.05, 4.69) is 22.4 Å². The summed E-state index contributed by atoms with van der Waals surface area (Å²) in [6.45, 7) is 0.623. The molecule has 6 heteroatoms. The van der Waals surface area contributed by atoms with Gasteiger partial charge in [0.2, 0.25) is 11.7 Å². The van der Waals surface area contributed by atoms with Crippen molar-refractivity contribution < 1.29 is 9.66 Å². The average molecular weight is 285 g/mol. The van der Waals surface area contributed by atoms with Gasteiger partial charge in [0.15, 0.2) is 0 Å². The van der Waals surface area contributed by atoms with Gasteiger partial charge >= 0.3 is 5.69 Å². The van der Waals surface area contributed by atoms with Gasteiger partial charge in [0.05, 0.1) is 12.0 Å². The van der Waals surface area contributed by atoms with Gasteiger partial charge in [-0.3, -0.25) is 10.1 Å². The third-order valence-electron chi connectivity index (χ3n) is 3.73. The molecule has 0 amide bonds. The monoisotopic (exact) mass is 285 g/mol. The zero-order chi connectivity index (χ0) is 14.8. The number of nitrogens with one attached hydrogen (secondary N) is 1. The van der Waals surface area contributed by atoms with Crippen LogP contribution in [0.25, 0.3) is 0 Å². The van der Waals surface area contributed by atoms with Gasteiger partial charge in [0.25, 0.3) is 0 Å². The zero-order valence-corrected chi connectivity index (χ0v) is 11.6. The van der Waals surface area contributed by atoms with E-state index in [1.807, 2.05) is 12.1 Å². The van der Waals surface area contributed by atoms with Crippen LogP contribution in [0.2, 0.25) is 0 Å². The van der Waals surface area contributed by atoms with Crippen LogP contribution in [0.3, 0.4) is 0 Å². The number of benzene rings is 1. The lowest BCUT2D eigenvalue weighted by atomic mass is 9.77. The van der Waals surface area contributed by atoms with Gasteiger partial charge in [0.1, 0.15) is 0 Å². The highest BCUT2D eigenvalue weighted by atomic mass is 16.6. The van der Waals surface area contributed by atoms with Crippen molar-refractivity contribution in [1.29, 1.82) is 0 Å². The van der Waals surface area contributed by atoms with E-state index in [0.717, 1.165) is 6.42 Å². The highest BCUT2D eigenvalue weighted by molar-refractivity contribution is 5.57. The van der Waals surface area contributed by atoms with Crippen molar-refractivity contribution in [3.05, 3.63) is 57.6 Å². The quantitative estimate of drug-likeness (QED) is 0.675. The molecule has 1 aromatic heterocycles. The number of anilines is 1. The predicted octanol–water partition coefficient (Wildman–Crippen LogP) is 2.75.